The zero-order chi connectivity index (χ0) is 22.2. The van der Waals surface area contributed by atoms with Gasteiger partial charge in [0, 0.05) is 36.7 Å². The van der Waals surface area contributed by atoms with Crippen molar-refractivity contribution in [2.24, 2.45) is 5.73 Å². The lowest BCUT2D eigenvalue weighted by atomic mass is 10.1. The van der Waals surface area contributed by atoms with Crippen LogP contribution in [0.25, 0.3) is 21.5 Å². The predicted molar refractivity (Wildman–Crippen MR) is 123 cm³/mol. The lowest BCUT2D eigenvalue weighted by Crippen LogP contribution is -2.17. The van der Waals surface area contributed by atoms with Gasteiger partial charge in [0.15, 0.2) is 0 Å². The Balaban J connectivity index is 0.00000132. The number of carbonyl (C=O) groups excluding carboxylic acids is 2. The van der Waals surface area contributed by atoms with E-state index in [-0.39, 0.29) is 12.2 Å². The maximum Gasteiger partial charge on any atom is 0.293 e. The molecule has 7 nitrogen and oxygen atoms in total. The number of hydrogen-bond acceptors (Lipinski definition) is 7. The van der Waals surface area contributed by atoms with Gasteiger partial charge in [0.25, 0.3) is 5.91 Å². The van der Waals surface area contributed by atoms with E-state index < -0.39 is 5.91 Å². The van der Waals surface area contributed by atoms with Crippen LogP contribution in [0.2, 0.25) is 0 Å². The lowest BCUT2D eigenvalue weighted by molar-refractivity contribution is -0.107. The van der Waals surface area contributed by atoms with Gasteiger partial charge in [0.1, 0.15) is 11.1 Å². The van der Waals surface area contributed by atoms with Gasteiger partial charge >= 0.3 is 0 Å². The molecule has 2 aromatic heterocycles. The Morgan fingerprint density at radius 3 is 2.71 bits per heavy atom. The average Bonchev–Trinajstić information content (AvgIpc) is 3.30. The van der Waals surface area contributed by atoms with Crippen LogP contribution in [0.1, 0.15) is 21.7 Å². The molecular formula is C23H22N4O3S. The first-order valence-corrected chi connectivity index (χ1v) is 10.4. The molecule has 0 radical (unpaired) electrons. The second-order valence-corrected chi connectivity index (χ2v) is 7.32. The molecule has 2 aromatic carbocycles. The van der Waals surface area contributed by atoms with Crippen molar-refractivity contribution in [1.29, 1.82) is 0 Å². The van der Waals surface area contributed by atoms with Crippen LogP contribution >= 0.6 is 11.3 Å². The zero-order valence-corrected chi connectivity index (χ0v) is 17.7. The molecule has 0 atom stereocenters. The Hall–Kier alpha value is -3.46. The number of para-hydroxylation sites is 1. The van der Waals surface area contributed by atoms with Gasteiger partial charge in [-0.15, -0.1) is 11.3 Å². The van der Waals surface area contributed by atoms with Gasteiger partial charge in [-0.25, -0.2) is 9.97 Å². The minimum absolute atomic E-state index is 0.0778. The van der Waals surface area contributed by atoms with E-state index in [4.69, 9.17) is 10.8 Å². The van der Waals surface area contributed by atoms with Gasteiger partial charge in [-0.05, 0) is 34.7 Å². The molecule has 0 bridgehead atoms. The molecule has 0 saturated carbocycles. The number of rotatable bonds is 6. The lowest BCUT2D eigenvalue weighted by Gasteiger charge is -2.10. The highest BCUT2D eigenvalue weighted by Gasteiger charge is 2.17. The summed E-state index contributed by atoms with van der Waals surface area (Å²) in [6, 6.07) is 16.9. The monoisotopic (exact) mass is 434 g/mol. The van der Waals surface area contributed by atoms with Crippen molar-refractivity contribution in [3.63, 3.8) is 0 Å². The fraction of sp³-hybridized carbons (Fsp3) is 0.130. The first-order chi connectivity index (χ1) is 15.2. The number of aldehydes is 1. The number of aliphatic hydroxyl groups excluding tert-OH is 1. The molecule has 2 heterocycles. The predicted octanol–water partition coefficient (Wildman–Crippen LogP) is 3.42. The minimum atomic E-state index is -0.421. The number of anilines is 1. The third-order valence-electron chi connectivity index (χ3n) is 4.53. The van der Waals surface area contributed by atoms with Gasteiger partial charge in [0.05, 0.1) is 5.69 Å². The van der Waals surface area contributed by atoms with E-state index in [0.29, 0.717) is 17.9 Å². The largest absolute Gasteiger partial charge is 0.400 e. The number of hydrogen-bond donors (Lipinski definition) is 3. The van der Waals surface area contributed by atoms with Crippen LogP contribution in [0.5, 0.6) is 0 Å². The molecule has 0 spiro atoms. The summed E-state index contributed by atoms with van der Waals surface area (Å²) in [6.45, 7) is 0.423. The van der Waals surface area contributed by atoms with E-state index >= 15 is 0 Å². The summed E-state index contributed by atoms with van der Waals surface area (Å²) in [7, 11) is 1.00. The maximum absolute atomic E-state index is 12.9. The van der Waals surface area contributed by atoms with Crippen molar-refractivity contribution < 1.29 is 14.7 Å². The first kappa shape index (κ1) is 22.2. The number of nitrogens with two attached hydrogens (primary N) is 1. The minimum Gasteiger partial charge on any atom is -0.400 e. The molecule has 1 amide bonds. The van der Waals surface area contributed by atoms with Gasteiger partial charge in [-0.2, -0.15) is 0 Å². The third-order valence-corrected chi connectivity index (χ3v) is 5.34. The molecule has 8 heteroatoms. The summed E-state index contributed by atoms with van der Waals surface area (Å²) < 4.78 is 0. The number of fused-ring (bicyclic) bond motifs is 1. The molecule has 4 N–H and O–H groups in total. The Labute approximate surface area is 183 Å². The van der Waals surface area contributed by atoms with Crippen molar-refractivity contribution in [2.45, 2.75) is 13.0 Å². The van der Waals surface area contributed by atoms with E-state index in [0.717, 1.165) is 40.3 Å². The van der Waals surface area contributed by atoms with Crippen LogP contribution < -0.4 is 11.1 Å². The van der Waals surface area contributed by atoms with Crippen molar-refractivity contribution >= 4 is 39.4 Å². The van der Waals surface area contributed by atoms with Gasteiger partial charge < -0.3 is 21.0 Å². The van der Waals surface area contributed by atoms with E-state index in [2.05, 4.69) is 15.3 Å². The third kappa shape index (κ3) is 5.00. The van der Waals surface area contributed by atoms with Crippen LogP contribution in [-0.4, -0.2) is 34.4 Å². The molecule has 4 rings (SSSR count). The van der Waals surface area contributed by atoms with Crippen molar-refractivity contribution in [2.75, 3.05) is 12.4 Å². The summed E-state index contributed by atoms with van der Waals surface area (Å²) in [6.07, 6.45) is 1.03. The van der Waals surface area contributed by atoms with Crippen molar-refractivity contribution in [3.05, 3.63) is 76.9 Å². The number of amides is 1. The second kappa shape index (κ2) is 10.5. The summed E-state index contributed by atoms with van der Waals surface area (Å²) in [5.74, 6) is -0.344. The zero-order valence-electron chi connectivity index (χ0n) is 16.9. The van der Waals surface area contributed by atoms with Gasteiger partial charge in [0.2, 0.25) is 5.82 Å². The highest BCUT2D eigenvalue weighted by atomic mass is 32.1. The SMILES string of the molecule is CO.NCc1cccc(-c2nc(C(=O)Nc3ccccc3CC=O)nc3sccc23)c1. The Morgan fingerprint density at radius 2 is 1.94 bits per heavy atom. The topological polar surface area (TPSA) is 118 Å². The van der Waals surface area contributed by atoms with Crippen LogP contribution in [-0.2, 0) is 17.8 Å². The van der Waals surface area contributed by atoms with Crippen LogP contribution in [0.4, 0.5) is 5.69 Å². The van der Waals surface area contributed by atoms with Crippen molar-refractivity contribution in [3.8, 4) is 11.3 Å². The second-order valence-electron chi connectivity index (χ2n) is 6.42. The number of benzene rings is 2. The molecule has 0 saturated heterocycles. The summed E-state index contributed by atoms with van der Waals surface area (Å²) in [5.41, 5.74) is 9.65. The van der Waals surface area contributed by atoms with E-state index in [1.54, 1.807) is 18.2 Å². The van der Waals surface area contributed by atoms with E-state index in [1.165, 1.54) is 11.3 Å². The number of nitrogens with zero attached hydrogens (tertiary/aromatic N) is 2. The van der Waals surface area contributed by atoms with Gasteiger partial charge in [-0.1, -0.05) is 36.4 Å². The average molecular weight is 435 g/mol. The summed E-state index contributed by atoms with van der Waals surface area (Å²) in [5, 5.41) is 12.6. The number of nitrogens with one attached hydrogen (secondary N) is 1. The van der Waals surface area contributed by atoms with E-state index in [1.807, 2.05) is 41.8 Å². The first-order valence-electron chi connectivity index (χ1n) is 9.52. The van der Waals surface area contributed by atoms with E-state index in [9.17, 15) is 9.59 Å². The molecule has 0 aliphatic rings. The Bertz CT molecular complexity index is 1210. The summed E-state index contributed by atoms with van der Waals surface area (Å²) >= 11 is 1.45. The highest BCUT2D eigenvalue weighted by Crippen LogP contribution is 2.30. The number of aliphatic hydroxyl groups is 1. The molecule has 0 fully saturated rings. The smallest absolute Gasteiger partial charge is 0.293 e. The molecule has 31 heavy (non-hydrogen) atoms. The normalized spacial score (nSPS) is 10.3. The maximum atomic E-state index is 12.9. The summed E-state index contributed by atoms with van der Waals surface area (Å²) in [4.78, 5) is 33.5. The standard InChI is InChI=1S/C22H18N4O2S.CH4O/c23-13-14-4-3-6-16(12-14)19-17-9-11-29-22(17)26-20(25-19)21(28)24-18-7-2-1-5-15(18)8-10-27;1-2/h1-7,9-12H,8,13,23H2,(H,24,28);2H,1H3. The fourth-order valence-electron chi connectivity index (χ4n) is 3.11. The molecule has 0 aliphatic carbocycles. The Morgan fingerprint density at radius 1 is 1.13 bits per heavy atom. The van der Waals surface area contributed by atoms with Crippen LogP contribution in [0.15, 0.2) is 60.0 Å². The number of carbonyl (C=O) groups is 2. The number of aromatic nitrogens is 2. The van der Waals surface area contributed by atoms with Gasteiger partial charge in [-0.3, -0.25) is 4.79 Å². The molecule has 0 unspecified atom stereocenters. The van der Waals surface area contributed by atoms with Crippen LogP contribution in [0.3, 0.4) is 0 Å². The molecular weight excluding hydrogens is 412 g/mol. The fourth-order valence-corrected chi connectivity index (χ4v) is 3.87. The number of thiophene rings is 1. The van der Waals surface area contributed by atoms with Crippen LogP contribution in [0, 0.1) is 0 Å². The molecule has 158 valence electrons. The van der Waals surface area contributed by atoms with Crippen molar-refractivity contribution in [1.82, 2.24) is 9.97 Å². The highest BCUT2D eigenvalue weighted by molar-refractivity contribution is 7.16. The molecule has 0 aliphatic heterocycles. The Kier molecular flexibility index (Phi) is 7.55. The molecule has 4 aromatic rings. The quantitative estimate of drug-likeness (QED) is 0.400.